The Balaban J connectivity index is 0.000000195. The first kappa shape index (κ1) is 35.4. The van der Waals surface area contributed by atoms with Crippen LogP contribution >= 0.6 is 0 Å². The third-order valence-electron chi connectivity index (χ3n) is 8.85. The molecule has 50 heavy (non-hydrogen) atoms. The fraction of sp³-hybridized carbons (Fsp3) is 0.250. The molecule has 10 nitrogen and oxygen atoms in total. The Morgan fingerprint density at radius 3 is 1.38 bits per heavy atom. The highest BCUT2D eigenvalue weighted by molar-refractivity contribution is 5.78. The Kier molecular flexibility index (Phi) is 10.7. The van der Waals surface area contributed by atoms with E-state index in [1.807, 2.05) is 39.8 Å². The second kappa shape index (κ2) is 15.1. The minimum Gasteiger partial charge on any atom is -0.399 e. The summed E-state index contributed by atoms with van der Waals surface area (Å²) in [6.07, 6.45) is 0. The summed E-state index contributed by atoms with van der Waals surface area (Å²) in [5.41, 5.74) is 19.3. The molecule has 0 radical (unpaired) electrons. The fourth-order valence-electron chi connectivity index (χ4n) is 6.29. The van der Waals surface area contributed by atoms with Crippen LogP contribution in [0.25, 0.3) is 22.3 Å². The number of nitrogens with zero attached hydrogens (tertiary/aromatic N) is 5. The van der Waals surface area contributed by atoms with E-state index in [0.29, 0.717) is 0 Å². The minimum absolute atomic E-state index is 0.0889. The van der Waals surface area contributed by atoms with Crippen molar-refractivity contribution in [3.8, 4) is 22.3 Å². The van der Waals surface area contributed by atoms with Crippen LogP contribution in [0.2, 0.25) is 0 Å². The van der Waals surface area contributed by atoms with Crippen LogP contribution in [0.5, 0.6) is 0 Å². The molecule has 0 aliphatic carbocycles. The molecule has 4 aromatic carbocycles. The number of aromatic nitrogens is 2. The standard InChI is InChI=1S/C20H21N3O3.C20H23N3O/c1-5-22(17-8-10-18(11-9-17)23(24)25)19-12-16(7-6-13(19)2)20-14(3)21-26-15(20)4;1-5-23(18-10-8-17(21)9-11-18)19-12-16(7-6-13(19)2)20-14(3)22-24-15(20)4/h6-12H,5H2,1-4H3;6-12H,5,21H2,1-4H3. The van der Waals surface area contributed by atoms with Crippen molar-refractivity contribution in [2.24, 2.45) is 0 Å². The van der Waals surface area contributed by atoms with Gasteiger partial charge in [0.2, 0.25) is 0 Å². The van der Waals surface area contributed by atoms with Crippen molar-refractivity contribution in [2.45, 2.75) is 55.4 Å². The molecule has 6 rings (SSSR count). The number of nitrogens with two attached hydrogens (primary N) is 1. The summed E-state index contributed by atoms with van der Waals surface area (Å²) in [5.74, 6) is 1.63. The third kappa shape index (κ3) is 7.39. The Bertz CT molecular complexity index is 2060. The monoisotopic (exact) mass is 672 g/mol. The van der Waals surface area contributed by atoms with Gasteiger partial charge in [-0.3, -0.25) is 10.1 Å². The fourth-order valence-corrected chi connectivity index (χ4v) is 6.29. The maximum absolute atomic E-state index is 10.9. The van der Waals surface area contributed by atoms with Crippen LogP contribution in [0.4, 0.5) is 34.1 Å². The van der Waals surface area contributed by atoms with Crippen molar-refractivity contribution < 1.29 is 14.0 Å². The van der Waals surface area contributed by atoms with Crippen LogP contribution in [-0.4, -0.2) is 28.3 Å². The largest absolute Gasteiger partial charge is 0.399 e. The zero-order valence-electron chi connectivity index (χ0n) is 29.9. The molecule has 2 aromatic heterocycles. The summed E-state index contributed by atoms with van der Waals surface area (Å²) in [6, 6.07) is 27.4. The molecule has 0 bridgehead atoms. The number of non-ortho nitro benzene ring substituents is 1. The van der Waals surface area contributed by atoms with E-state index in [-0.39, 0.29) is 10.6 Å². The van der Waals surface area contributed by atoms with Gasteiger partial charge in [0.25, 0.3) is 5.69 Å². The van der Waals surface area contributed by atoms with E-state index in [9.17, 15) is 10.1 Å². The molecule has 0 amide bonds. The van der Waals surface area contributed by atoms with Gasteiger partial charge in [0, 0.05) is 64.8 Å². The van der Waals surface area contributed by atoms with E-state index in [2.05, 4.69) is 96.3 Å². The molecule has 0 atom stereocenters. The van der Waals surface area contributed by atoms with Gasteiger partial charge in [0.05, 0.1) is 16.3 Å². The summed E-state index contributed by atoms with van der Waals surface area (Å²) in [4.78, 5) is 14.9. The van der Waals surface area contributed by atoms with Gasteiger partial charge in [-0.15, -0.1) is 0 Å². The van der Waals surface area contributed by atoms with E-state index in [1.165, 1.54) is 23.4 Å². The molecule has 0 spiro atoms. The van der Waals surface area contributed by atoms with Crippen molar-refractivity contribution in [2.75, 3.05) is 28.6 Å². The normalized spacial score (nSPS) is 10.8. The number of nitro benzene ring substituents is 1. The SMILES string of the molecule is CCN(c1ccc(N)cc1)c1cc(-c2c(C)noc2C)ccc1C.CCN(c1ccc([N+](=O)[O-])cc1)c1cc(-c2c(C)noc2C)ccc1C. The quantitative estimate of drug-likeness (QED) is 0.0906. The van der Waals surface area contributed by atoms with Gasteiger partial charge in [0.15, 0.2) is 0 Å². The van der Waals surface area contributed by atoms with Gasteiger partial charge in [-0.1, -0.05) is 34.6 Å². The second-order valence-electron chi connectivity index (χ2n) is 12.3. The van der Waals surface area contributed by atoms with Crippen molar-refractivity contribution >= 4 is 34.1 Å². The van der Waals surface area contributed by atoms with Crippen molar-refractivity contribution in [1.82, 2.24) is 10.3 Å². The highest BCUT2D eigenvalue weighted by Gasteiger charge is 2.18. The summed E-state index contributed by atoms with van der Waals surface area (Å²) in [6.45, 7) is 17.8. The van der Waals surface area contributed by atoms with Crippen LogP contribution in [0, 0.1) is 51.7 Å². The number of rotatable bonds is 9. The molecular formula is C40H44N6O4. The molecule has 2 heterocycles. The van der Waals surface area contributed by atoms with Gasteiger partial charge in [0.1, 0.15) is 11.5 Å². The van der Waals surface area contributed by atoms with E-state index in [1.54, 1.807) is 12.1 Å². The lowest BCUT2D eigenvalue weighted by molar-refractivity contribution is -0.384. The van der Waals surface area contributed by atoms with E-state index in [0.717, 1.165) is 86.6 Å². The Morgan fingerprint density at radius 1 is 0.640 bits per heavy atom. The Hall–Kier alpha value is -5.90. The number of nitrogen functional groups attached to an aromatic ring is 1. The predicted molar refractivity (Wildman–Crippen MR) is 202 cm³/mol. The molecule has 0 unspecified atom stereocenters. The third-order valence-corrected chi connectivity index (χ3v) is 8.85. The lowest BCUT2D eigenvalue weighted by Crippen LogP contribution is -2.17. The van der Waals surface area contributed by atoms with Crippen LogP contribution in [0.1, 0.15) is 47.9 Å². The lowest BCUT2D eigenvalue weighted by atomic mass is 10.0. The molecule has 0 fully saturated rings. The minimum atomic E-state index is -0.386. The summed E-state index contributed by atoms with van der Waals surface area (Å²) >= 11 is 0. The number of anilines is 5. The van der Waals surface area contributed by atoms with Crippen LogP contribution in [-0.2, 0) is 0 Å². The summed E-state index contributed by atoms with van der Waals surface area (Å²) in [7, 11) is 0. The number of aryl methyl sites for hydroxylation is 6. The second-order valence-corrected chi connectivity index (χ2v) is 12.3. The van der Waals surface area contributed by atoms with Gasteiger partial charge >= 0.3 is 0 Å². The number of nitro groups is 1. The smallest absolute Gasteiger partial charge is 0.269 e. The molecule has 0 aliphatic heterocycles. The zero-order chi connectivity index (χ0) is 36.1. The predicted octanol–water partition coefficient (Wildman–Crippen LogP) is 10.3. The molecule has 6 aromatic rings. The number of hydrogen-bond donors (Lipinski definition) is 1. The first-order valence-electron chi connectivity index (χ1n) is 16.7. The molecule has 10 heteroatoms. The molecule has 2 N–H and O–H groups in total. The first-order chi connectivity index (χ1) is 23.9. The maximum atomic E-state index is 10.9. The maximum Gasteiger partial charge on any atom is 0.269 e. The zero-order valence-corrected chi connectivity index (χ0v) is 29.9. The van der Waals surface area contributed by atoms with Crippen molar-refractivity contribution in [1.29, 1.82) is 0 Å². The highest BCUT2D eigenvalue weighted by Crippen LogP contribution is 2.37. The van der Waals surface area contributed by atoms with Gasteiger partial charge < -0.3 is 24.6 Å². The van der Waals surface area contributed by atoms with Crippen LogP contribution < -0.4 is 15.5 Å². The van der Waals surface area contributed by atoms with E-state index < -0.39 is 0 Å². The first-order valence-corrected chi connectivity index (χ1v) is 16.7. The van der Waals surface area contributed by atoms with Crippen molar-refractivity contribution in [3.05, 3.63) is 129 Å². The molecule has 0 saturated carbocycles. The van der Waals surface area contributed by atoms with Gasteiger partial charge in [-0.2, -0.15) is 0 Å². The van der Waals surface area contributed by atoms with E-state index >= 15 is 0 Å². The lowest BCUT2D eigenvalue weighted by Gasteiger charge is -2.26. The average Bonchev–Trinajstić information content (AvgIpc) is 3.63. The molecular weight excluding hydrogens is 628 g/mol. The number of benzene rings is 4. The topological polar surface area (TPSA) is 128 Å². The Morgan fingerprint density at radius 2 is 1.04 bits per heavy atom. The van der Waals surface area contributed by atoms with Gasteiger partial charge in [-0.25, -0.2) is 0 Å². The summed E-state index contributed by atoms with van der Waals surface area (Å²) < 4.78 is 10.6. The molecule has 0 saturated heterocycles. The van der Waals surface area contributed by atoms with Crippen LogP contribution in [0.15, 0.2) is 94.0 Å². The Labute approximate surface area is 293 Å². The van der Waals surface area contributed by atoms with E-state index in [4.69, 9.17) is 14.8 Å². The van der Waals surface area contributed by atoms with Crippen LogP contribution in [0.3, 0.4) is 0 Å². The number of hydrogen-bond acceptors (Lipinski definition) is 9. The summed E-state index contributed by atoms with van der Waals surface area (Å²) in [5, 5.41) is 19.0. The highest BCUT2D eigenvalue weighted by atomic mass is 16.6. The molecule has 258 valence electrons. The average molecular weight is 673 g/mol. The molecule has 0 aliphatic rings. The van der Waals surface area contributed by atoms with Gasteiger partial charge in [-0.05, 0) is 126 Å². The van der Waals surface area contributed by atoms with Crippen molar-refractivity contribution in [3.63, 3.8) is 0 Å².